The molecule has 1 unspecified atom stereocenters. The molecular formula is C20H22ClNO4. The van der Waals surface area contributed by atoms with E-state index in [-0.39, 0.29) is 24.9 Å². The van der Waals surface area contributed by atoms with Gasteiger partial charge in [0.05, 0.1) is 0 Å². The Kier molecular flexibility index (Phi) is 5.99. The van der Waals surface area contributed by atoms with Gasteiger partial charge in [0.1, 0.15) is 5.75 Å². The number of nitrogens with zero attached hydrogens (tertiary/aromatic N) is 1. The van der Waals surface area contributed by atoms with Gasteiger partial charge in [-0.2, -0.15) is 0 Å². The van der Waals surface area contributed by atoms with E-state index >= 15 is 0 Å². The maximum absolute atomic E-state index is 12.5. The summed E-state index contributed by atoms with van der Waals surface area (Å²) in [5, 5.41) is 11.2. The number of amides is 1. The highest BCUT2D eigenvalue weighted by molar-refractivity contribution is 6.35. The molecule has 0 saturated carbocycles. The van der Waals surface area contributed by atoms with E-state index in [1.165, 1.54) is 0 Å². The van der Waals surface area contributed by atoms with Gasteiger partial charge >= 0.3 is 5.97 Å². The molecule has 3 rings (SSSR count). The van der Waals surface area contributed by atoms with Gasteiger partial charge in [-0.1, -0.05) is 35.9 Å². The average molecular weight is 376 g/mol. The highest BCUT2D eigenvalue weighted by Crippen LogP contribution is 2.31. The minimum Gasteiger partial charge on any atom is -0.483 e. The maximum Gasteiger partial charge on any atom is 0.303 e. The zero-order chi connectivity index (χ0) is 18.5. The first-order valence-corrected chi connectivity index (χ1v) is 9.22. The second kappa shape index (κ2) is 8.41. The van der Waals surface area contributed by atoms with Crippen LogP contribution in [0.15, 0.2) is 36.4 Å². The number of ether oxygens (including phenoxy) is 1. The number of rotatable bonds is 6. The third kappa shape index (κ3) is 4.47. The van der Waals surface area contributed by atoms with Crippen LogP contribution in [0.5, 0.6) is 5.75 Å². The monoisotopic (exact) mass is 375 g/mol. The molecule has 0 aromatic heterocycles. The van der Waals surface area contributed by atoms with E-state index in [9.17, 15) is 9.59 Å². The van der Waals surface area contributed by atoms with Crippen molar-refractivity contribution in [1.82, 2.24) is 4.90 Å². The minimum absolute atomic E-state index is 0.0305. The lowest BCUT2D eigenvalue weighted by molar-refractivity contribution is -0.137. The molecule has 1 fully saturated rings. The fourth-order valence-electron chi connectivity index (χ4n) is 3.45. The fourth-order valence-corrected chi connectivity index (χ4v) is 3.67. The molecule has 2 aromatic carbocycles. The molecule has 1 amide bonds. The molecule has 1 heterocycles. The van der Waals surface area contributed by atoms with Crippen LogP contribution in [0.1, 0.15) is 25.7 Å². The van der Waals surface area contributed by atoms with Crippen molar-refractivity contribution < 1.29 is 19.4 Å². The second-order valence-corrected chi connectivity index (χ2v) is 7.07. The van der Waals surface area contributed by atoms with Crippen molar-refractivity contribution >= 4 is 34.2 Å². The molecule has 138 valence electrons. The highest BCUT2D eigenvalue weighted by atomic mass is 35.5. The first kappa shape index (κ1) is 18.5. The average Bonchev–Trinajstić information content (AvgIpc) is 2.66. The number of likely N-dealkylation sites (tertiary alicyclic amines) is 1. The Labute approximate surface area is 157 Å². The van der Waals surface area contributed by atoms with Gasteiger partial charge in [-0.15, -0.1) is 0 Å². The topological polar surface area (TPSA) is 66.8 Å². The Morgan fingerprint density at radius 2 is 1.96 bits per heavy atom. The summed E-state index contributed by atoms with van der Waals surface area (Å²) in [4.78, 5) is 25.0. The predicted octanol–water partition coefficient (Wildman–Crippen LogP) is 3.98. The van der Waals surface area contributed by atoms with Crippen molar-refractivity contribution in [3.05, 3.63) is 41.4 Å². The third-order valence-corrected chi connectivity index (χ3v) is 5.15. The largest absolute Gasteiger partial charge is 0.483 e. The van der Waals surface area contributed by atoms with E-state index < -0.39 is 5.97 Å². The molecule has 26 heavy (non-hydrogen) atoms. The molecule has 0 spiro atoms. The molecule has 1 N–H and O–H groups in total. The van der Waals surface area contributed by atoms with Crippen molar-refractivity contribution in [2.24, 2.45) is 5.92 Å². The number of carbonyl (C=O) groups is 2. The van der Waals surface area contributed by atoms with Crippen LogP contribution in [0.25, 0.3) is 10.8 Å². The molecule has 6 heteroatoms. The summed E-state index contributed by atoms with van der Waals surface area (Å²) < 4.78 is 5.78. The third-order valence-electron chi connectivity index (χ3n) is 4.82. The summed E-state index contributed by atoms with van der Waals surface area (Å²) in [5.41, 5.74) is 0. The van der Waals surface area contributed by atoms with Gasteiger partial charge < -0.3 is 14.7 Å². The molecule has 0 radical (unpaired) electrons. The van der Waals surface area contributed by atoms with Crippen LogP contribution in [-0.2, 0) is 9.59 Å². The SMILES string of the molecule is O=C(O)CCC1CCCN(C(=O)COc2ccc(Cl)c3ccccc23)C1. The van der Waals surface area contributed by atoms with Gasteiger partial charge in [-0.25, -0.2) is 0 Å². The molecule has 1 atom stereocenters. The molecule has 2 aromatic rings. The van der Waals surface area contributed by atoms with Crippen LogP contribution in [0.3, 0.4) is 0 Å². The van der Waals surface area contributed by atoms with Crippen LogP contribution in [-0.4, -0.2) is 41.6 Å². The zero-order valence-corrected chi connectivity index (χ0v) is 15.2. The number of hydrogen-bond acceptors (Lipinski definition) is 3. The molecule has 1 saturated heterocycles. The molecule has 0 aliphatic carbocycles. The Balaban J connectivity index is 1.60. The van der Waals surface area contributed by atoms with Gasteiger partial charge in [0.2, 0.25) is 0 Å². The highest BCUT2D eigenvalue weighted by Gasteiger charge is 2.24. The van der Waals surface area contributed by atoms with Gasteiger partial charge in [0.15, 0.2) is 6.61 Å². The lowest BCUT2D eigenvalue weighted by Gasteiger charge is -2.32. The van der Waals surface area contributed by atoms with E-state index in [1.54, 1.807) is 17.0 Å². The van der Waals surface area contributed by atoms with Gasteiger partial charge in [-0.3, -0.25) is 9.59 Å². The van der Waals surface area contributed by atoms with Gasteiger partial charge in [0, 0.05) is 35.3 Å². The maximum atomic E-state index is 12.5. The number of carboxylic acid groups (broad SMARTS) is 1. The Hall–Kier alpha value is -2.27. The molecular weight excluding hydrogens is 354 g/mol. The summed E-state index contributed by atoms with van der Waals surface area (Å²) in [6.45, 7) is 1.28. The normalized spacial score (nSPS) is 17.3. The fraction of sp³-hybridized carbons (Fsp3) is 0.400. The molecule has 0 bridgehead atoms. The summed E-state index contributed by atoms with van der Waals surface area (Å²) in [6.07, 6.45) is 2.64. The van der Waals surface area contributed by atoms with E-state index in [2.05, 4.69) is 0 Å². The minimum atomic E-state index is -0.786. The van der Waals surface area contributed by atoms with E-state index in [1.807, 2.05) is 24.3 Å². The van der Waals surface area contributed by atoms with Crippen LogP contribution >= 0.6 is 11.6 Å². The Bertz CT molecular complexity index is 807. The van der Waals surface area contributed by atoms with Crippen molar-refractivity contribution in [1.29, 1.82) is 0 Å². The lowest BCUT2D eigenvalue weighted by atomic mass is 9.93. The van der Waals surface area contributed by atoms with Gasteiger partial charge in [0.25, 0.3) is 5.91 Å². The van der Waals surface area contributed by atoms with Crippen molar-refractivity contribution in [2.45, 2.75) is 25.7 Å². The van der Waals surface area contributed by atoms with E-state index in [0.29, 0.717) is 30.3 Å². The molecule has 1 aliphatic heterocycles. The summed E-state index contributed by atoms with van der Waals surface area (Å²) in [7, 11) is 0. The number of halogens is 1. The van der Waals surface area contributed by atoms with Crippen LogP contribution in [0.4, 0.5) is 0 Å². The number of hydrogen-bond donors (Lipinski definition) is 1. The van der Waals surface area contributed by atoms with E-state index in [0.717, 1.165) is 23.6 Å². The number of aliphatic carboxylic acids is 1. The smallest absolute Gasteiger partial charge is 0.303 e. The van der Waals surface area contributed by atoms with Gasteiger partial charge in [-0.05, 0) is 37.3 Å². The summed E-state index contributed by atoms with van der Waals surface area (Å²) in [6, 6.07) is 11.2. The molecule has 1 aliphatic rings. The number of carboxylic acids is 1. The predicted molar refractivity (Wildman–Crippen MR) is 101 cm³/mol. The number of benzene rings is 2. The van der Waals surface area contributed by atoms with Crippen LogP contribution in [0.2, 0.25) is 5.02 Å². The first-order chi connectivity index (χ1) is 12.5. The Morgan fingerprint density at radius 3 is 2.73 bits per heavy atom. The van der Waals surface area contributed by atoms with Crippen molar-refractivity contribution in [3.8, 4) is 5.75 Å². The number of fused-ring (bicyclic) bond motifs is 1. The summed E-state index contributed by atoms with van der Waals surface area (Å²) in [5.74, 6) is 0.0356. The van der Waals surface area contributed by atoms with Crippen molar-refractivity contribution in [3.63, 3.8) is 0 Å². The first-order valence-electron chi connectivity index (χ1n) is 8.84. The molecule has 5 nitrogen and oxygen atoms in total. The van der Waals surface area contributed by atoms with E-state index in [4.69, 9.17) is 21.4 Å². The quantitative estimate of drug-likeness (QED) is 0.829. The second-order valence-electron chi connectivity index (χ2n) is 6.66. The van der Waals surface area contributed by atoms with Crippen LogP contribution < -0.4 is 4.74 Å². The number of carbonyl (C=O) groups excluding carboxylic acids is 1. The summed E-state index contributed by atoms with van der Waals surface area (Å²) >= 11 is 6.21. The standard InChI is InChI=1S/C20H22ClNO4/c21-17-8-9-18(16-6-2-1-5-15(16)17)26-13-19(23)22-11-3-4-14(12-22)7-10-20(24)25/h1-2,5-6,8-9,14H,3-4,7,10-13H2,(H,24,25). The van der Waals surface area contributed by atoms with Crippen LogP contribution in [0, 0.1) is 5.92 Å². The Morgan fingerprint density at radius 1 is 1.19 bits per heavy atom. The van der Waals surface area contributed by atoms with Crippen molar-refractivity contribution in [2.75, 3.05) is 19.7 Å². The lowest BCUT2D eigenvalue weighted by Crippen LogP contribution is -2.42. The number of piperidine rings is 1. The zero-order valence-electron chi connectivity index (χ0n) is 14.5.